The number of nitrogens with two attached hydrogens (primary N) is 1. The molecule has 0 spiro atoms. The minimum absolute atomic E-state index is 0.00710. The van der Waals surface area contributed by atoms with E-state index in [-0.39, 0.29) is 22.5 Å². The fraction of sp³-hybridized carbons (Fsp3) is 0.312. The van der Waals surface area contributed by atoms with Gasteiger partial charge in [-0.15, -0.1) is 0 Å². The van der Waals surface area contributed by atoms with E-state index in [4.69, 9.17) is 9.56 Å². The van der Waals surface area contributed by atoms with E-state index in [1.165, 1.54) is 12.5 Å². The standard InChI is InChI=1S/C16H19N3O4S/c1-10-15(24(17,21)22)8-14(23-10)16(20)19-9-13-12-5-3-2-4-11(12)6-7-18-13/h2-5,8,13,18H,6-7,9H2,1H3,(H,19,20)(H2,17,21,22). The number of aryl methyl sites for hydroxylation is 1. The van der Waals surface area contributed by atoms with E-state index in [2.05, 4.69) is 16.7 Å². The number of carbonyl (C=O) groups excluding carboxylic acids is 1. The third-order valence-corrected chi connectivity index (χ3v) is 5.10. The van der Waals surface area contributed by atoms with Crippen LogP contribution in [0.3, 0.4) is 0 Å². The molecule has 24 heavy (non-hydrogen) atoms. The number of benzene rings is 1. The van der Waals surface area contributed by atoms with E-state index in [9.17, 15) is 13.2 Å². The quantitative estimate of drug-likeness (QED) is 0.757. The second kappa shape index (κ2) is 6.39. The number of hydrogen-bond donors (Lipinski definition) is 3. The zero-order valence-corrected chi connectivity index (χ0v) is 14.0. The molecule has 0 fully saturated rings. The van der Waals surface area contributed by atoms with Crippen LogP contribution >= 0.6 is 0 Å². The van der Waals surface area contributed by atoms with Crippen molar-refractivity contribution in [2.45, 2.75) is 24.3 Å². The minimum atomic E-state index is -3.91. The summed E-state index contributed by atoms with van der Waals surface area (Å²) in [5.74, 6) is -0.442. The zero-order chi connectivity index (χ0) is 17.3. The fourth-order valence-corrected chi connectivity index (χ4v) is 3.63. The van der Waals surface area contributed by atoms with Crippen molar-refractivity contribution in [2.24, 2.45) is 5.14 Å². The first-order valence-corrected chi connectivity index (χ1v) is 9.13. The Labute approximate surface area is 140 Å². The molecule has 1 unspecified atom stereocenters. The van der Waals surface area contributed by atoms with Crippen LogP contribution < -0.4 is 15.8 Å². The van der Waals surface area contributed by atoms with Gasteiger partial charge in [0.25, 0.3) is 5.91 Å². The third kappa shape index (κ3) is 3.35. The Kier molecular flexibility index (Phi) is 4.44. The molecule has 1 amide bonds. The van der Waals surface area contributed by atoms with Gasteiger partial charge in [0.05, 0.1) is 0 Å². The van der Waals surface area contributed by atoms with Crippen LogP contribution in [0.25, 0.3) is 0 Å². The summed E-state index contributed by atoms with van der Waals surface area (Å²) >= 11 is 0. The lowest BCUT2D eigenvalue weighted by atomic mass is 9.94. The predicted octanol–water partition coefficient (Wildman–Crippen LogP) is 0.852. The van der Waals surface area contributed by atoms with Crippen molar-refractivity contribution < 1.29 is 17.6 Å². The Hall–Kier alpha value is -2.16. The molecule has 7 nitrogen and oxygen atoms in total. The molecule has 4 N–H and O–H groups in total. The molecule has 3 rings (SSSR count). The van der Waals surface area contributed by atoms with Crippen LogP contribution in [0, 0.1) is 6.92 Å². The molecule has 2 heterocycles. The zero-order valence-electron chi connectivity index (χ0n) is 13.2. The predicted molar refractivity (Wildman–Crippen MR) is 88.0 cm³/mol. The summed E-state index contributed by atoms with van der Waals surface area (Å²) in [6, 6.07) is 9.25. The van der Waals surface area contributed by atoms with E-state index in [0.717, 1.165) is 24.6 Å². The van der Waals surface area contributed by atoms with Gasteiger partial charge in [-0.1, -0.05) is 24.3 Å². The number of furan rings is 1. The number of nitrogens with one attached hydrogen (secondary N) is 2. The number of amides is 1. The van der Waals surface area contributed by atoms with Gasteiger partial charge in [0.15, 0.2) is 5.76 Å². The van der Waals surface area contributed by atoms with Crippen LogP contribution in [0.5, 0.6) is 0 Å². The molecule has 0 radical (unpaired) electrons. The molecule has 1 aromatic carbocycles. The van der Waals surface area contributed by atoms with Gasteiger partial charge in [-0.3, -0.25) is 4.79 Å². The van der Waals surface area contributed by atoms with Crippen LogP contribution in [0.15, 0.2) is 39.6 Å². The van der Waals surface area contributed by atoms with Gasteiger partial charge in [0, 0.05) is 18.7 Å². The maximum atomic E-state index is 12.2. The summed E-state index contributed by atoms with van der Waals surface area (Å²) in [5.41, 5.74) is 2.42. The minimum Gasteiger partial charge on any atom is -0.455 e. The maximum absolute atomic E-state index is 12.2. The molecule has 8 heteroatoms. The molecule has 1 aromatic heterocycles. The molecule has 0 saturated heterocycles. The van der Waals surface area contributed by atoms with E-state index in [0.29, 0.717) is 6.54 Å². The average molecular weight is 349 g/mol. The summed E-state index contributed by atoms with van der Waals surface area (Å²) in [6.45, 7) is 2.67. The van der Waals surface area contributed by atoms with Crippen LogP contribution in [0.4, 0.5) is 0 Å². The Morgan fingerprint density at radius 2 is 2.17 bits per heavy atom. The van der Waals surface area contributed by atoms with Gasteiger partial charge in [-0.05, 0) is 31.0 Å². The van der Waals surface area contributed by atoms with Gasteiger partial charge >= 0.3 is 0 Å². The largest absolute Gasteiger partial charge is 0.455 e. The van der Waals surface area contributed by atoms with Gasteiger partial charge in [0.1, 0.15) is 10.7 Å². The maximum Gasteiger partial charge on any atom is 0.287 e. The normalized spacial score (nSPS) is 17.3. The summed E-state index contributed by atoms with van der Waals surface area (Å²) in [7, 11) is -3.91. The van der Waals surface area contributed by atoms with Crippen molar-refractivity contribution in [3.8, 4) is 0 Å². The topological polar surface area (TPSA) is 114 Å². The Bertz CT molecular complexity index is 873. The van der Waals surface area contributed by atoms with Crippen molar-refractivity contribution in [1.29, 1.82) is 0 Å². The Morgan fingerprint density at radius 3 is 2.88 bits per heavy atom. The molecule has 128 valence electrons. The first-order chi connectivity index (χ1) is 11.4. The van der Waals surface area contributed by atoms with Crippen LogP contribution in [0.1, 0.15) is 33.5 Å². The second-order valence-electron chi connectivity index (χ2n) is 5.74. The summed E-state index contributed by atoms with van der Waals surface area (Å²) < 4.78 is 28.0. The lowest BCUT2D eigenvalue weighted by Gasteiger charge is -2.27. The summed E-state index contributed by atoms with van der Waals surface area (Å²) in [6.07, 6.45) is 0.954. The molecule has 0 bridgehead atoms. The van der Waals surface area contributed by atoms with Crippen molar-refractivity contribution in [3.05, 3.63) is 53.0 Å². The highest BCUT2D eigenvalue weighted by molar-refractivity contribution is 7.89. The van der Waals surface area contributed by atoms with Crippen LogP contribution in [0.2, 0.25) is 0 Å². The van der Waals surface area contributed by atoms with Crippen molar-refractivity contribution >= 4 is 15.9 Å². The molecular formula is C16H19N3O4S. The molecular weight excluding hydrogens is 330 g/mol. The lowest BCUT2D eigenvalue weighted by molar-refractivity contribution is 0.0920. The van der Waals surface area contributed by atoms with Crippen molar-refractivity contribution in [3.63, 3.8) is 0 Å². The number of rotatable bonds is 4. The third-order valence-electron chi connectivity index (χ3n) is 4.08. The number of sulfonamides is 1. The van der Waals surface area contributed by atoms with E-state index in [1.807, 2.05) is 18.2 Å². The smallest absolute Gasteiger partial charge is 0.287 e. The summed E-state index contributed by atoms with van der Waals surface area (Å²) in [5, 5.41) is 11.2. The molecule has 2 aromatic rings. The highest BCUT2D eigenvalue weighted by atomic mass is 32.2. The second-order valence-corrected chi connectivity index (χ2v) is 7.27. The van der Waals surface area contributed by atoms with Gasteiger partial charge in [-0.25, -0.2) is 13.6 Å². The number of fused-ring (bicyclic) bond motifs is 1. The molecule has 0 saturated carbocycles. The van der Waals surface area contributed by atoms with Gasteiger partial charge in [0.2, 0.25) is 10.0 Å². The van der Waals surface area contributed by atoms with Crippen molar-refractivity contribution in [2.75, 3.05) is 13.1 Å². The van der Waals surface area contributed by atoms with E-state index >= 15 is 0 Å². The molecule has 1 atom stereocenters. The molecule has 0 aliphatic carbocycles. The van der Waals surface area contributed by atoms with Crippen molar-refractivity contribution in [1.82, 2.24) is 10.6 Å². The van der Waals surface area contributed by atoms with Gasteiger partial charge in [-0.2, -0.15) is 0 Å². The van der Waals surface area contributed by atoms with E-state index < -0.39 is 15.9 Å². The number of hydrogen-bond acceptors (Lipinski definition) is 5. The lowest BCUT2D eigenvalue weighted by Crippen LogP contribution is -2.38. The Balaban J connectivity index is 1.71. The summed E-state index contributed by atoms with van der Waals surface area (Å²) in [4.78, 5) is 12.1. The number of carbonyl (C=O) groups is 1. The fourth-order valence-electron chi connectivity index (χ4n) is 2.92. The average Bonchev–Trinajstić information content (AvgIpc) is 2.95. The Morgan fingerprint density at radius 1 is 1.42 bits per heavy atom. The molecule has 1 aliphatic heterocycles. The highest BCUT2D eigenvalue weighted by Gasteiger charge is 2.23. The molecule has 1 aliphatic rings. The SMILES string of the molecule is Cc1oc(C(=O)NCC2NCCc3ccccc32)cc1S(N)(=O)=O. The monoisotopic (exact) mass is 349 g/mol. The first kappa shape index (κ1) is 16.7. The van der Waals surface area contributed by atoms with Crippen LogP contribution in [-0.4, -0.2) is 27.4 Å². The first-order valence-electron chi connectivity index (χ1n) is 7.59. The highest BCUT2D eigenvalue weighted by Crippen LogP contribution is 2.22. The van der Waals surface area contributed by atoms with E-state index in [1.54, 1.807) is 0 Å². The van der Waals surface area contributed by atoms with Crippen LogP contribution in [-0.2, 0) is 16.4 Å². The number of primary sulfonamides is 1. The van der Waals surface area contributed by atoms with Gasteiger partial charge < -0.3 is 15.1 Å².